The molecule has 0 unspecified atom stereocenters. The molecule has 32 heavy (non-hydrogen) atoms. The Morgan fingerprint density at radius 1 is 1.00 bits per heavy atom. The molecule has 0 saturated carbocycles. The van der Waals surface area contributed by atoms with Crippen molar-refractivity contribution in [1.29, 1.82) is 0 Å². The number of hydrogen-bond donors (Lipinski definition) is 0. The van der Waals surface area contributed by atoms with Crippen LogP contribution in [-0.2, 0) is 13.1 Å². The van der Waals surface area contributed by atoms with Crippen LogP contribution in [0.5, 0.6) is 5.75 Å². The summed E-state index contributed by atoms with van der Waals surface area (Å²) in [6.45, 7) is 3.94. The fraction of sp³-hybridized carbons (Fsp3) is 0.292. The number of hydrogen-bond acceptors (Lipinski definition) is 7. The number of azo groups is 1. The number of aromatic nitrogens is 4. The predicted molar refractivity (Wildman–Crippen MR) is 122 cm³/mol. The number of likely N-dealkylation sites (tertiary alicyclic amines) is 1. The van der Waals surface area contributed by atoms with Crippen molar-refractivity contribution < 1.29 is 4.74 Å². The van der Waals surface area contributed by atoms with Gasteiger partial charge in [0.2, 0.25) is 0 Å². The lowest BCUT2D eigenvalue weighted by atomic mass is 10.1. The van der Waals surface area contributed by atoms with Crippen LogP contribution in [0.25, 0.3) is 16.7 Å². The molecule has 2 aromatic carbocycles. The van der Waals surface area contributed by atoms with Gasteiger partial charge in [-0.3, -0.25) is 4.90 Å². The number of benzene rings is 2. The summed E-state index contributed by atoms with van der Waals surface area (Å²) in [6, 6.07) is 16.3. The van der Waals surface area contributed by atoms with E-state index < -0.39 is 0 Å². The monoisotopic (exact) mass is 427 g/mol. The summed E-state index contributed by atoms with van der Waals surface area (Å²) in [5.74, 6) is 1.27. The van der Waals surface area contributed by atoms with Crippen molar-refractivity contribution in [1.82, 2.24) is 24.6 Å². The Kier molecular flexibility index (Phi) is 5.85. The Balaban J connectivity index is 1.30. The molecular formula is C24H25N7O. The minimum atomic E-state index is 0.500. The van der Waals surface area contributed by atoms with Crippen molar-refractivity contribution in [2.75, 3.05) is 20.2 Å². The van der Waals surface area contributed by atoms with E-state index in [4.69, 9.17) is 4.74 Å². The first-order valence-corrected chi connectivity index (χ1v) is 10.8. The molecule has 8 nitrogen and oxygen atoms in total. The first kappa shape index (κ1) is 20.3. The smallest absolute Gasteiger partial charge is 0.188 e. The van der Waals surface area contributed by atoms with Gasteiger partial charge < -0.3 is 4.74 Å². The minimum absolute atomic E-state index is 0.500. The number of rotatable bonds is 7. The number of ether oxygens (including phenoxy) is 1. The van der Waals surface area contributed by atoms with Crippen LogP contribution in [0.1, 0.15) is 24.0 Å². The number of nitrogens with zero attached hydrogens (tertiary/aromatic N) is 7. The summed E-state index contributed by atoms with van der Waals surface area (Å²) in [7, 11) is 1.64. The van der Waals surface area contributed by atoms with Crippen LogP contribution in [0.3, 0.4) is 0 Å². The van der Waals surface area contributed by atoms with Gasteiger partial charge in [-0.05, 0) is 49.2 Å². The van der Waals surface area contributed by atoms with Crippen LogP contribution < -0.4 is 4.74 Å². The lowest BCUT2D eigenvalue weighted by molar-refractivity contribution is 0.331. The normalized spacial score (nSPS) is 14.5. The van der Waals surface area contributed by atoms with Crippen LogP contribution >= 0.6 is 0 Å². The van der Waals surface area contributed by atoms with Crippen molar-refractivity contribution in [3.63, 3.8) is 0 Å². The molecule has 1 aliphatic heterocycles. The van der Waals surface area contributed by atoms with Crippen LogP contribution in [-0.4, -0.2) is 44.8 Å². The van der Waals surface area contributed by atoms with Crippen LogP contribution in [0, 0.1) is 0 Å². The van der Waals surface area contributed by atoms with Gasteiger partial charge in [0.15, 0.2) is 11.5 Å². The molecule has 0 N–H and O–H groups in total. The fourth-order valence-corrected chi connectivity index (χ4v) is 3.98. The Labute approximate surface area is 186 Å². The first-order valence-electron chi connectivity index (χ1n) is 10.8. The third-order valence-corrected chi connectivity index (χ3v) is 5.69. The molecule has 0 bridgehead atoms. The molecule has 2 aromatic heterocycles. The molecule has 0 aliphatic carbocycles. The fourth-order valence-electron chi connectivity index (χ4n) is 3.98. The molecule has 1 fully saturated rings. The summed E-state index contributed by atoms with van der Waals surface area (Å²) >= 11 is 0. The highest BCUT2D eigenvalue weighted by atomic mass is 16.5. The van der Waals surface area contributed by atoms with Gasteiger partial charge in [0.25, 0.3) is 0 Å². The maximum atomic E-state index is 5.31. The Morgan fingerprint density at radius 3 is 2.62 bits per heavy atom. The van der Waals surface area contributed by atoms with Crippen molar-refractivity contribution in [2.24, 2.45) is 10.2 Å². The Bertz CT molecular complexity index is 1230. The lowest BCUT2D eigenvalue weighted by Crippen LogP contribution is -2.18. The van der Waals surface area contributed by atoms with Crippen LogP contribution in [0.4, 0.5) is 5.82 Å². The second-order valence-corrected chi connectivity index (χ2v) is 7.89. The zero-order chi connectivity index (χ0) is 21.8. The van der Waals surface area contributed by atoms with E-state index in [2.05, 4.69) is 54.5 Å². The summed E-state index contributed by atoms with van der Waals surface area (Å²) in [6.07, 6.45) is 5.83. The van der Waals surface area contributed by atoms with E-state index in [1.165, 1.54) is 37.8 Å². The molecule has 162 valence electrons. The average Bonchev–Trinajstić information content (AvgIpc) is 3.51. The number of methoxy groups -OCH3 is 1. The van der Waals surface area contributed by atoms with E-state index in [0.717, 1.165) is 28.9 Å². The largest absolute Gasteiger partial charge is 0.497 e. The molecule has 1 aliphatic rings. The summed E-state index contributed by atoms with van der Waals surface area (Å²) in [4.78, 5) is 11.2. The molecular weight excluding hydrogens is 402 g/mol. The van der Waals surface area contributed by atoms with E-state index in [1.54, 1.807) is 18.0 Å². The van der Waals surface area contributed by atoms with E-state index >= 15 is 0 Å². The Morgan fingerprint density at radius 2 is 1.81 bits per heavy atom. The molecule has 8 heteroatoms. The van der Waals surface area contributed by atoms with Crippen molar-refractivity contribution >= 4 is 16.9 Å². The van der Waals surface area contributed by atoms with Crippen molar-refractivity contribution in [3.8, 4) is 11.4 Å². The topological polar surface area (TPSA) is 80.8 Å². The van der Waals surface area contributed by atoms with Crippen molar-refractivity contribution in [2.45, 2.75) is 25.9 Å². The van der Waals surface area contributed by atoms with Gasteiger partial charge >= 0.3 is 0 Å². The highest BCUT2D eigenvalue weighted by Gasteiger charge is 2.12. The highest BCUT2D eigenvalue weighted by molar-refractivity contribution is 5.85. The van der Waals surface area contributed by atoms with E-state index in [0.29, 0.717) is 18.0 Å². The molecule has 0 radical (unpaired) electrons. The van der Waals surface area contributed by atoms with Gasteiger partial charge in [-0.2, -0.15) is 10.2 Å². The van der Waals surface area contributed by atoms with Gasteiger partial charge in [0.05, 0.1) is 30.9 Å². The van der Waals surface area contributed by atoms with Crippen LogP contribution in [0.2, 0.25) is 0 Å². The standard InChI is InChI=1S/C24H25N7O/c1-32-21-6-4-5-20(13-21)31-24-22(15-28-31)23(25-17-26-24)29-27-14-18-7-9-19(10-8-18)16-30-11-2-3-12-30/h4-10,13,15,17H,2-3,11-12,14,16H2,1H3. The highest BCUT2D eigenvalue weighted by Crippen LogP contribution is 2.25. The van der Waals surface area contributed by atoms with Gasteiger partial charge in [-0.15, -0.1) is 5.11 Å². The number of fused-ring (bicyclic) bond motifs is 1. The molecule has 0 amide bonds. The maximum absolute atomic E-state index is 5.31. The van der Waals surface area contributed by atoms with Gasteiger partial charge in [-0.1, -0.05) is 30.3 Å². The lowest BCUT2D eigenvalue weighted by Gasteiger charge is -2.14. The maximum Gasteiger partial charge on any atom is 0.188 e. The van der Waals surface area contributed by atoms with E-state index in [-0.39, 0.29) is 0 Å². The third kappa shape index (κ3) is 4.36. The average molecular weight is 428 g/mol. The van der Waals surface area contributed by atoms with Gasteiger partial charge in [0, 0.05) is 12.6 Å². The zero-order valence-corrected chi connectivity index (χ0v) is 18.1. The van der Waals surface area contributed by atoms with E-state index in [9.17, 15) is 0 Å². The zero-order valence-electron chi connectivity index (χ0n) is 18.1. The third-order valence-electron chi connectivity index (χ3n) is 5.69. The van der Waals surface area contributed by atoms with E-state index in [1.807, 2.05) is 24.3 Å². The quantitative estimate of drug-likeness (QED) is 0.399. The second kappa shape index (κ2) is 9.23. The molecule has 4 aromatic rings. The summed E-state index contributed by atoms with van der Waals surface area (Å²) in [5.41, 5.74) is 4.00. The molecule has 5 rings (SSSR count). The summed E-state index contributed by atoms with van der Waals surface area (Å²) < 4.78 is 7.06. The molecule has 0 atom stereocenters. The van der Waals surface area contributed by atoms with Gasteiger partial charge in [0.1, 0.15) is 12.1 Å². The summed E-state index contributed by atoms with van der Waals surface area (Å²) in [5, 5.41) is 14.0. The molecule has 0 spiro atoms. The predicted octanol–water partition coefficient (Wildman–Crippen LogP) is 4.70. The Hall–Kier alpha value is -3.65. The van der Waals surface area contributed by atoms with Gasteiger partial charge in [-0.25, -0.2) is 14.6 Å². The SMILES string of the molecule is COc1cccc(-n2ncc3c(N=NCc4ccc(CN5CCCC5)cc4)ncnc32)c1. The second-order valence-electron chi connectivity index (χ2n) is 7.89. The van der Waals surface area contributed by atoms with Crippen LogP contribution in [0.15, 0.2) is 71.3 Å². The molecule has 3 heterocycles. The van der Waals surface area contributed by atoms with Crippen molar-refractivity contribution in [3.05, 3.63) is 72.2 Å². The first-order chi connectivity index (χ1) is 15.8. The minimum Gasteiger partial charge on any atom is -0.497 e. The molecule has 1 saturated heterocycles.